The summed E-state index contributed by atoms with van der Waals surface area (Å²) in [4.78, 5) is 11.1. The van der Waals surface area contributed by atoms with Gasteiger partial charge < -0.3 is 10.6 Å². The zero-order valence-electron chi connectivity index (χ0n) is 9.62. The van der Waals surface area contributed by atoms with Gasteiger partial charge in [-0.3, -0.25) is 0 Å². The van der Waals surface area contributed by atoms with Gasteiger partial charge in [0.15, 0.2) is 0 Å². The van der Waals surface area contributed by atoms with Gasteiger partial charge in [0.2, 0.25) is 0 Å². The van der Waals surface area contributed by atoms with Gasteiger partial charge in [-0.25, -0.2) is 4.79 Å². The van der Waals surface area contributed by atoms with E-state index in [0.717, 1.165) is 6.42 Å². The minimum atomic E-state index is -0.154. The molecule has 0 atom stereocenters. The monoisotopic (exact) mass is 186 g/mol. The van der Waals surface area contributed by atoms with Crippen LogP contribution in [-0.2, 0) is 0 Å². The van der Waals surface area contributed by atoms with Crippen molar-refractivity contribution in [3.8, 4) is 0 Å². The number of amides is 2. The Labute approximate surface area is 81.3 Å². The molecule has 0 aliphatic heterocycles. The normalized spacial score (nSPS) is 12.5. The average molecular weight is 186 g/mol. The Bertz CT molecular complexity index is 180. The molecule has 0 rings (SSSR count). The number of carbonyl (C=O) groups excluding carboxylic acids is 1. The van der Waals surface area contributed by atoms with E-state index >= 15 is 0 Å². The average Bonchev–Trinajstić information content (AvgIpc) is 1.80. The minimum Gasteiger partial charge on any atom is -0.341 e. The van der Waals surface area contributed by atoms with Crippen molar-refractivity contribution in [1.29, 1.82) is 0 Å². The van der Waals surface area contributed by atoms with Crippen LogP contribution in [0.3, 0.4) is 0 Å². The van der Waals surface area contributed by atoms with Gasteiger partial charge in [-0.15, -0.1) is 0 Å². The van der Waals surface area contributed by atoms with Crippen LogP contribution in [0.5, 0.6) is 0 Å². The Morgan fingerprint density at radius 2 is 1.62 bits per heavy atom. The van der Waals surface area contributed by atoms with Gasteiger partial charge in [0, 0.05) is 12.6 Å². The van der Waals surface area contributed by atoms with Crippen molar-refractivity contribution in [3.63, 3.8) is 0 Å². The van der Waals surface area contributed by atoms with Crippen LogP contribution >= 0.6 is 0 Å². The highest BCUT2D eigenvalue weighted by Gasteiger charge is 2.26. The molecule has 0 bridgehead atoms. The molecule has 0 fully saturated rings. The summed E-state index contributed by atoms with van der Waals surface area (Å²) in [6, 6.07) is -0.116. The SMILES string of the molecule is CNC(=O)NC(C)(C)CC(C)(C)C. The van der Waals surface area contributed by atoms with Crippen molar-refractivity contribution in [2.75, 3.05) is 7.05 Å². The highest BCUT2D eigenvalue weighted by Crippen LogP contribution is 2.26. The van der Waals surface area contributed by atoms with Gasteiger partial charge in [-0.2, -0.15) is 0 Å². The van der Waals surface area contributed by atoms with E-state index in [-0.39, 0.29) is 17.0 Å². The van der Waals surface area contributed by atoms with Crippen molar-refractivity contribution >= 4 is 6.03 Å². The van der Waals surface area contributed by atoms with Crippen molar-refractivity contribution in [3.05, 3.63) is 0 Å². The zero-order valence-corrected chi connectivity index (χ0v) is 9.62. The van der Waals surface area contributed by atoms with Crippen LogP contribution in [-0.4, -0.2) is 18.6 Å². The number of hydrogen-bond donors (Lipinski definition) is 2. The third-order valence-electron chi connectivity index (χ3n) is 1.65. The van der Waals surface area contributed by atoms with Gasteiger partial charge in [0.05, 0.1) is 0 Å². The summed E-state index contributed by atoms with van der Waals surface area (Å²) in [5.41, 5.74) is 0.0723. The third kappa shape index (κ3) is 6.43. The summed E-state index contributed by atoms with van der Waals surface area (Å²) in [5.74, 6) is 0. The molecule has 0 saturated heterocycles. The maximum atomic E-state index is 11.1. The summed E-state index contributed by atoms with van der Waals surface area (Å²) in [6.07, 6.45) is 0.952. The van der Waals surface area contributed by atoms with E-state index in [9.17, 15) is 4.79 Å². The molecule has 0 unspecified atom stereocenters. The topological polar surface area (TPSA) is 41.1 Å². The second kappa shape index (κ2) is 3.99. The lowest BCUT2D eigenvalue weighted by atomic mass is 9.82. The second-order valence-electron chi connectivity index (χ2n) is 5.33. The van der Waals surface area contributed by atoms with Crippen molar-refractivity contribution in [2.45, 2.75) is 46.6 Å². The maximum Gasteiger partial charge on any atom is 0.314 e. The molecule has 0 radical (unpaired) electrons. The number of nitrogens with one attached hydrogen (secondary N) is 2. The summed E-state index contributed by atoms with van der Waals surface area (Å²) < 4.78 is 0. The number of hydrogen-bond acceptors (Lipinski definition) is 1. The minimum absolute atomic E-state index is 0.116. The van der Waals surface area contributed by atoms with Gasteiger partial charge in [-0.1, -0.05) is 20.8 Å². The molecule has 0 aromatic carbocycles. The lowest BCUT2D eigenvalue weighted by Gasteiger charge is -2.33. The molecule has 0 aromatic heterocycles. The first-order valence-corrected chi connectivity index (χ1v) is 4.66. The first kappa shape index (κ1) is 12.3. The largest absolute Gasteiger partial charge is 0.341 e. The summed E-state index contributed by atoms with van der Waals surface area (Å²) >= 11 is 0. The molecule has 0 aliphatic rings. The van der Waals surface area contributed by atoms with Crippen molar-refractivity contribution < 1.29 is 4.79 Å². The molecule has 13 heavy (non-hydrogen) atoms. The fraction of sp³-hybridized carbons (Fsp3) is 0.900. The van der Waals surface area contributed by atoms with Crippen LogP contribution in [0, 0.1) is 5.41 Å². The molecule has 2 amide bonds. The first-order valence-electron chi connectivity index (χ1n) is 4.66. The highest BCUT2D eigenvalue weighted by molar-refractivity contribution is 5.74. The fourth-order valence-corrected chi connectivity index (χ4v) is 1.74. The molecule has 0 spiro atoms. The Morgan fingerprint density at radius 1 is 1.15 bits per heavy atom. The molecule has 78 valence electrons. The first-order chi connectivity index (χ1) is 5.66. The highest BCUT2D eigenvalue weighted by atomic mass is 16.2. The van der Waals surface area contributed by atoms with Crippen LogP contribution < -0.4 is 10.6 Å². The maximum absolute atomic E-state index is 11.1. The zero-order chi connectivity index (χ0) is 10.7. The molecular weight excluding hydrogens is 164 g/mol. The summed E-state index contributed by atoms with van der Waals surface area (Å²) in [7, 11) is 1.63. The predicted molar refractivity (Wildman–Crippen MR) is 55.7 cm³/mol. The molecule has 0 saturated carbocycles. The van der Waals surface area contributed by atoms with E-state index in [1.54, 1.807) is 7.05 Å². The molecular formula is C10H22N2O. The Kier molecular flexibility index (Phi) is 3.76. The Balaban J connectivity index is 4.16. The van der Waals surface area contributed by atoms with Crippen LogP contribution in [0.25, 0.3) is 0 Å². The fourth-order valence-electron chi connectivity index (χ4n) is 1.74. The van der Waals surface area contributed by atoms with Gasteiger partial charge in [0.1, 0.15) is 0 Å². The molecule has 3 heteroatoms. The Morgan fingerprint density at radius 3 is 1.92 bits per heavy atom. The van der Waals surface area contributed by atoms with Crippen LogP contribution in [0.1, 0.15) is 41.0 Å². The third-order valence-corrected chi connectivity index (χ3v) is 1.65. The molecule has 2 N–H and O–H groups in total. The standard InChI is InChI=1S/C10H22N2O/c1-9(2,3)7-10(4,5)12-8(13)11-6/h7H2,1-6H3,(H2,11,12,13). The molecule has 3 nitrogen and oxygen atoms in total. The summed E-state index contributed by atoms with van der Waals surface area (Å²) in [5, 5.41) is 5.47. The lowest BCUT2D eigenvalue weighted by Crippen LogP contribution is -2.49. The van der Waals surface area contributed by atoms with Crippen molar-refractivity contribution in [2.24, 2.45) is 5.41 Å². The van der Waals surface area contributed by atoms with Gasteiger partial charge >= 0.3 is 6.03 Å². The van der Waals surface area contributed by atoms with Gasteiger partial charge in [-0.05, 0) is 25.7 Å². The van der Waals surface area contributed by atoms with E-state index < -0.39 is 0 Å². The quantitative estimate of drug-likeness (QED) is 0.681. The van der Waals surface area contributed by atoms with E-state index in [1.165, 1.54) is 0 Å². The van der Waals surface area contributed by atoms with Gasteiger partial charge in [0.25, 0.3) is 0 Å². The van der Waals surface area contributed by atoms with E-state index in [0.29, 0.717) is 0 Å². The smallest absolute Gasteiger partial charge is 0.314 e. The van der Waals surface area contributed by atoms with Crippen LogP contribution in [0.15, 0.2) is 0 Å². The predicted octanol–water partition coefficient (Wildman–Crippen LogP) is 2.13. The molecule has 0 aromatic rings. The number of urea groups is 1. The number of rotatable bonds is 2. The number of carbonyl (C=O) groups is 1. The molecule has 0 heterocycles. The van der Waals surface area contributed by atoms with Crippen LogP contribution in [0.2, 0.25) is 0 Å². The Hall–Kier alpha value is -0.730. The molecule has 0 aliphatic carbocycles. The van der Waals surface area contributed by atoms with E-state index in [4.69, 9.17) is 0 Å². The van der Waals surface area contributed by atoms with E-state index in [1.807, 2.05) is 13.8 Å². The van der Waals surface area contributed by atoms with Crippen molar-refractivity contribution in [1.82, 2.24) is 10.6 Å². The van der Waals surface area contributed by atoms with Crippen LogP contribution in [0.4, 0.5) is 4.79 Å². The van der Waals surface area contributed by atoms with E-state index in [2.05, 4.69) is 31.4 Å². The summed E-state index contributed by atoms with van der Waals surface area (Å²) in [6.45, 7) is 10.6. The second-order valence-corrected chi connectivity index (χ2v) is 5.33. The lowest BCUT2D eigenvalue weighted by molar-refractivity contribution is 0.212.